The van der Waals surface area contributed by atoms with Gasteiger partial charge in [0, 0.05) is 5.56 Å². The SMILES string of the molecule is CCOc1cc(/C=C2\N=C(c3ccccc3C)OC2=O)cc(Br)c1OC(C)C. The fourth-order valence-electron chi connectivity index (χ4n) is 2.78. The molecule has 2 aromatic rings. The highest BCUT2D eigenvalue weighted by atomic mass is 79.9. The van der Waals surface area contributed by atoms with Gasteiger partial charge in [0.15, 0.2) is 17.2 Å². The van der Waals surface area contributed by atoms with Gasteiger partial charge in [-0.05, 0) is 79.0 Å². The van der Waals surface area contributed by atoms with Crippen molar-refractivity contribution in [1.29, 1.82) is 0 Å². The second kappa shape index (κ2) is 8.61. The Bertz CT molecular complexity index is 963. The van der Waals surface area contributed by atoms with Crippen molar-refractivity contribution in [3.05, 3.63) is 63.3 Å². The molecule has 0 bridgehead atoms. The van der Waals surface area contributed by atoms with Crippen LogP contribution in [0.5, 0.6) is 11.5 Å². The fraction of sp³-hybridized carbons (Fsp3) is 0.273. The molecule has 1 heterocycles. The van der Waals surface area contributed by atoms with Crippen molar-refractivity contribution < 1.29 is 19.0 Å². The number of carbonyl (C=O) groups excluding carboxylic acids is 1. The molecule has 0 unspecified atom stereocenters. The molecule has 1 aliphatic rings. The standard InChI is InChI=1S/C22H22BrNO4/c1-5-26-19-12-15(10-17(23)20(19)27-13(2)3)11-18-22(25)28-21(24-18)16-9-7-6-8-14(16)4/h6-13H,5H2,1-4H3/b18-11-. The Morgan fingerprint density at radius 3 is 2.68 bits per heavy atom. The maximum Gasteiger partial charge on any atom is 0.363 e. The zero-order valence-electron chi connectivity index (χ0n) is 16.3. The molecule has 5 nitrogen and oxygen atoms in total. The maximum absolute atomic E-state index is 12.3. The number of halogens is 1. The van der Waals surface area contributed by atoms with Crippen LogP contribution in [0.1, 0.15) is 37.5 Å². The van der Waals surface area contributed by atoms with Crippen LogP contribution in [-0.4, -0.2) is 24.6 Å². The molecule has 0 amide bonds. The van der Waals surface area contributed by atoms with Crippen molar-refractivity contribution in [2.24, 2.45) is 4.99 Å². The van der Waals surface area contributed by atoms with Gasteiger partial charge in [-0.3, -0.25) is 0 Å². The summed E-state index contributed by atoms with van der Waals surface area (Å²) in [5, 5.41) is 0. The van der Waals surface area contributed by atoms with E-state index in [2.05, 4.69) is 20.9 Å². The van der Waals surface area contributed by atoms with Crippen molar-refractivity contribution in [3.8, 4) is 11.5 Å². The Morgan fingerprint density at radius 2 is 2.00 bits per heavy atom. The summed E-state index contributed by atoms with van der Waals surface area (Å²) in [5.74, 6) is 1.08. The first-order chi connectivity index (χ1) is 13.4. The summed E-state index contributed by atoms with van der Waals surface area (Å²) in [5.41, 5.74) is 2.79. The van der Waals surface area contributed by atoms with E-state index >= 15 is 0 Å². The lowest BCUT2D eigenvalue weighted by Gasteiger charge is -2.16. The van der Waals surface area contributed by atoms with Crippen LogP contribution in [-0.2, 0) is 9.53 Å². The van der Waals surface area contributed by atoms with Crippen molar-refractivity contribution in [2.45, 2.75) is 33.8 Å². The van der Waals surface area contributed by atoms with E-state index in [0.717, 1.165) is 21.2 Å². The lowest BCUT2D eigenvalue weighted by Crippen LogP contribution is -2.08. The number of cyclic esters (lactones) is 1. The Morgan fingerprint density at radius 1 is 1.25 bits per heavy atom. The molecule has 0 atom stereocenters. The lowest BCUT2D eigenvalue weighted by atomic mass is 10.1. The number of benzene rings is 2. The summed E-state index contributed by atoms with van der Waals surface area (Å²) >= 11 is 3.53. The van der Waals surface area contributed by atoms with Gasteiger partial charge >= 0.3 is 5.97 Å². The molecule has 1 aliphatic heterocycles. The molecule has 3 rings (SSSR count). The van der Waals surface area contributed by atoms with Crippen LogP contribution >= 0.6 is 15.9 Å². The van der Waals surface area contributed by atoms with Crippen LogP contribution in [0.25, 0.3) is 6.08 Å². The van der Waals surface area contributed by atoms with Gasteiger partial charge in [-0.1, -0.05) is 18.2 Å². The summed E-state index contributed by atoms with van der Waals surface area (Å²) in [6, 6.07) is 11.3. The Hall–Kier alpha value is -2.60. The van der Waals surface area contributed by atoms with Gasteiger partial charge in [0.1, 0.15) is 0 Å². The van der Waals surface area contributed by atoms with E-state index in [-0.39, 0.29) is 11.8 Å². The van der Waals surface area contributed by atoms with Crippen molar-refractivity contribution in [2.75, 3.05) is 6.61 Å². The molecular formula is C22H22BrNO4. The molecule has 0 radical (unpaired) electrons. The van der Waals surface area contributed by atoms with Gasteiger partial charge in [-0.15, -0.1) is 0 Å². The molecule has 0 saturated carbocycles. The first kappa shape index (κ1) is 20.1. The van der Waals surface area contributed by atoms with Gasteiger partial charge in [-0.2, -0.15) is 0 Å². The predicted octanol–water partition coefficient (Wildman–Crippen LogP) is 5.29. The molecule has 0 aliphatic carbocycles. The normalized spacial score (nSPS) is 15.0. The molecule has 0 saturated heterocycles. The number of esters is 1. The number of hydrogen-bond donors (Lipinski definition) is 0. The van der Waals surface area contributed by atoms with Crippen LogP contribution in [0, 0.1) is 6.92 Å². The largest absolute Gasteiger partial charge is 0.490 e. The summed E-state index contributed by atoms with van der Waals surface area (Å²) in [4.78, 5) is 16.7. The van der Waals surface area contributed by atoms with Crippen LogP contribution in [0.3, 0.4) is 0 Å². The highest BCUT2D eigenvalue weighted by Gasteiger charge is 2.25. The van der Waals surface area contributed by atoms with Crippen LogP contribution in [0.2, 0.25) is 0 Å². The van der Waals surface area contributed by atoms with Crippen LogP contribution in [0.4, 0.5) is 0 Å². The molecule has 0 fully saturated rings. The molecular weight excluding hydrogens is 422 g/mol. The number of hydrogen-bond acceptors (Lipinski definition) is 5. The van der Waals surface area contributed by atoms with E-state index in [1.165, 1.54) is 0 Å². The summed E-state index contributed by atoms with van der Waals surface area (Å²) in [6.45, 7) is 8.26. The quantitative estimate of drug-likeness (QED) is 0.449. The summed E-state index contributed by atoms with van der Waals surface area (Å²) in [6.07, 6.45) is 1.69. The van der Waals surface area contributed by atoms with E-state index in [4.69, 9.17) is 14.2 Å². The minimum absolute atomic E-state index is 0.00536. The van der Waals surface area contributed by atoms with Crippen LogP contribution < -0.4 is 9.47 Å². The molecule has 28 heavy (non-hydrogen) atoms. The summed E-state index contributed by atoms with van der Waals surface area (Å²) in [7, 11) is 0. The van der Waals surface area contributed by atoms with Gasteiger partial charge in [-0.25, -0.2) is 9.79 Å². The third kappa shape index (κ3) is 4.44. The fourth-order valence-corrected chi connectivity index (χ4v) is 3.33. The monoisotopic (exact) mass is 443 g/mol. The number of aliphatic imine (C=N–C) groups is 1. The topological polar surface area (TPSA) is 57.1 Å². The third-order valence-corrected chi connectivity index (χ3v) is 4.57. The summed E-state index contributed by atoms with van der Waals surface area (Å²) < 4.78 is 17.7. The smallest absolute Gasteiger partial charge is 0.363 e. The minimum atomic E-state index is -0.477. The molecule has 0 aromatic heterocycles. The number of rotatable bonds is 6. The van der Waals surface area contributed by atoms with Crippen molar-refractivity contribution in [3.63, 3.8) is 0 Å². The number of ether oxygens (including phenoxy) is 3. The molecule has 146 valence electrons. The van der Waals surface area contributed by atoms with Gasteiger partial charge in [0.25, 0.3) is 0 Å². The van der Waals surface area contributed by atoms with E-state index in [1.807, 2.05) is 64.1 Å². The zero-order valence-corrected chi connectivity index (χ0v) is 17.9. The average molecular weight is 444 g/mol. The maximum atomic E-state index is 12.3. The highest BCUT2D eigenvalue weighted by Crippen LogP contribution is 2.38. The number of aryl methyl sites for hydroxylation is 1. The van der Waals surface area contributed by atoms with E-state index in [0.29, 0.717) is 24.0 Å². The van der Waals surface area contributed by atoms with Gasteiger partial charge in [0.2, 0.25) is 5.90 Å². The lowest BCUT2D eigenvalue weighted by molar-refractivity contribution is -0.129. The molecule has 0 N–H and O–H groups in total. The average Bonchev–Trinajstić information content (AvgIpc) is 2.99. The third-order valence-electron chi connectivity index (χ3n) is 3.98. The second-order valence-corrected chi connectivity index (χ2v) is 7.43. The molecule has 0 spiro atoms. The van der Waals surface area contributed by atoms with E-state index < -0.39 is 5.97 Å². The van der Waals surface area contributed by atoms with Crippen molar-refractivity contribution in [1.82, 2.24) is 0 Å². The Balaban J connectivity index is 1.98. The highest BCUT2D eigenvalue weighted by molar-refractivity contribution is 9.10. The first-order valence-corrected chi connectivity index (χ1v) is 9.90. The second-order valence-electron chi connectivity index (χ2n) is 6.58. The van der Waals surface area contributed by atoms with Gasteiger partial charge in [0.05, 0.1) is 17.2 Å². The van der Waals surface area contributed by atoms with E-state index in [9.17, 15) is 4.79 Å². The number of carbonyl (C=O) groups is 1. The van der Waals surface area contributed by atoms with Gasteiger partial charge < -0.3 is 14.2 Å². The van der Waals surface area contributed by atoms with Crippen molar-refractivity contribution >= 4 is 33.9 Å². The first-order valence-electron chi connectivity index (χ1n) is 9.10. The molecule has 2 aromatic carbocycles. The Kier molecular flexibility index (Phi) is 6.19. The Labute approximate surface area is 173 Å². The zero-order chi connectivity index (χ0) is 20.3. The minimum Gasteiger partial charge on any atom is -0.490 e. The number of nitrogens with zero attached hydrogens (tertiary/aromatic N) is 1. The van der Waals surface area contributed by atoms with Crippen LogP contribution in [0.15, 0.2) is 51.6 Å². The molecule has 6 heteroatoms. The van der Waals surface area contributed by atoms with E-state index in [1.54, 1.807) is 6.08 Å². The predicted molar refractivity (Wildman–Crippen MR) is 113 cm³/mol.